The van der Waals surface area contributed by atoms with E-state index in [1.54, 1.807) is 5.51 Å². The number of rotatable bonds is 5. The fourth-order valence-corrected chi connectivity index (χ4v) is 1.43. The van der Waals surface area contributed by atoms with Gasteiger partial charge in [0, 0.05) is 11.8 Å². The van der Waals surface area contributed by atoms with Crippen molar-refractivity contribution in [1.82, 2.24) is 4.98 Å². The average molecular weight is 215 g/mol. The predicted molar refractivity (Wildman–Crippen MR) is 53.5 cm³/mol. The number of carboxylic acids is 1. The minimum absolute atomic E-state index is 0.378. The summed E-state index contributed by atoms with van der Waals surface area (Å²) in [4.78, 5) is 14.7. The van der Waals surface area contributed by atoms with Crippen molar-refractivity contribution in [2.45, 2.75) is 25.9 Å². The number of hydrogen-bond acceptors (Lipinski definition) is 4. The van der Waals surface area contributed by atoms with Crippen molar-refractivity contribution in [3.05, 3.63) is 16.6 Å². The highest BCUT2D eigenvalue weighted by molar-refractivity contribution is 7.07. The molecule has 0 fully saturated rings. The molecule has 1 aromatic rings. The number of nitrogens with zero attached hydrogens (tertiary/aromatic N) is 1. The summed E-state index contributed by atoms with van der Waals surface area (Å²) in [7, 11) is 0. The van der Waals surface area contributed by atoms with E-state index in [2.05, 4.69) is 4.98 Å². The SMILES string of the molecule is CC(C)(OCCc1cscn1)C(=O)O. The van der Waals surface area contributed by atoms with Gasteiger partial charge in [-0.1, -0.05) is 0 Å². The Bertz CT molecular complexity index is 295. The molecule has 0 bridgehead atoms. The normalized spacial score (nSPS) is 11.6. The van der Waals surface area contributed by atoms with E-state index >= 15 is 0 Å². The van der Waals surface area contributed by atoms with Crippen LogP contribution in [-0.2, 0) is 16.0 Å². The van der Waals surface area contributed by atoms with Gasteiger partial charge in [-0.05, 0) is 13.8 Å². The van der Waals surface area contributed by atoms with Crippen molar-refractivity contribution < 1.29 is 14.6 Å². The maximum atomic E-state index is 10.7. The van der Waals surface area contributed by atoms with Crippen molar-refractivity contribution in [3.63, 3.8) is 0 Å². The third kappa shape index (κ3) is 3.08. The van der Waals surface area contributed by atoms with E-state index in [1.165, 1.54) is 25.2 Å². The van der Waals surface area contributed by atoms with Crippen molar-refractivity contribution in [2.75, 3.05) is 6.61 Å². The van der Waals surface area contributed by atoms with Crippen LogP contribution in [0.4, 0.5) is 0 Å². The Morgan fingerprint density at radius 2 is 2.43 bits per heavy atom. The van der Waals surface area contributed by atoms with Gasteiger partial charge in [-0.25, -0.2) is 9.78 Å². The van der Waals surface area contributed by atoms with Gasteiger partial charge in [0.1, 0.15) is 0 Å². The number of thiazole rings is 1. The zero-order valence-corrected chi connectivity index (χ0v) is 9.00. The van der Waals surface area contributed by atoms with Crippen LogP contribution in [0.3, 0.4) is 0 Å². The molecule has 0 spiro atoms. The highest BCUT2D eigenvalue weighted by Gasteiger charge is 2.27. The first-order valence-corrected chi connectivity index (χ1v) is 5.21. The molecule has 0 aliphatic heterocycles. The number of carbonyl (C=O) groups is 1. The molecule has 1 heterocycles. The Labute approximate surface area is 86.6 Å². The van der Waals surface area contributed by atoms with E-state index in [9.17, 15) is 4.79 Å². The van der Waals surface area contributed by atoms with Crippen molar-refractivity contribution in [3.8, 4) is 0 Å². The molecule has 0 saturated carbocycles. The van der Waals surface area contributed by atoms with Gasteiger partial charge in [0.05, 0.1) is 17.8 Å². The number of carboxylic acid groups (broad SMARTS) is 1. The quantitative estimate of drug-likeness (QED) is 0.809. The first-order chi connectivity index (χ1) is 6.52. The topological polar surface area (TPSA) is 59.4 Å². The molecule has 0 unspecified atom stereocenters. The lowest BCUT2D eigenvalue weighted by atomic mass is 10.1. The minimum Gasteiger partial charge on any atom is -0.479 e. The zero-order chi connectivity index (χ0) is 10.6. The van der Waals surface area contributed by atoms with Crippen LogP contribution >= 0.6 is 11.3 Å². The summed E-state index contributed by atoms with van der Waals surface area (Å²) >= 11 is 1.52. The van der Waals surface area contributed by atoms with Gasteiger partial charge in [-0.3, -0.25) is 0 Å². The molecule has 0 amide bonds. The molecule has 0 aliphatic carbocycles. The maximum Gasteiger partial charge on any atom is 0.335 e. The molecule has 0 saturated heterocycles. The van der Waals surface area contributed by atoms with E-state index in [4.69, 9.17) is 9.84 Å². The molecule has 1 aromatic heterocycles. The Morgan fingerprint density at radius 1 is 1.71 bits per heavy atom. The van der Waals surface area contributed by atoms with Crippen LogP contribution in [-0.4, -0.2) is 28.3 Å². The molecule has 0 atom stereocenters. The lowest BCUT2D eigenvalue weighted by Gasteiger charge is -2.19. The molecule has 1 N–H and O–H groups in total. The van der Waals surface area contributed by atoms with Crippen molar-refractivity contribution in [2.24, 2.45) is 0 Å². The Morgan fingerprint density at radius 3 is 2.93 bits per heavy atom. The summed E-state index contributed by atoms with van der Waals surface area (Å²) in [5.74, 6) is -0.948. The Kier molecular flexibility index (Phi) is 3.60. The second-order valence-electron chi connectivity index (χ2n) is 3.39. The number of aliphatic carboxylic acids is 1. The molecular formula is C9H13NO3S. The van der Waals surface area contributed by atoms with E-state index in [0.29, 0.717) is 13.0 Å². The summed E-state index contributed by atoms with van der Waals surface area (Å²) in [5.41, 5.74) is 1.57. The van der Waals surface area contributed by atoms with Crippen LogP contribution in [0.15, 0.2) is 10.9 Å². The summed E-state index contributed by atoms with van der Waals surface area (Å²) < 4.78 is 5.23. The summed E-state index contributed by atoms with van der Waals surface area (Å²) in [6, 6.07) is 0. The van der Waals surface area contributed by atoms with Crippen LogP contribution in [0.5, 0.6) is 0 Å². The molecular weight excluding hydrogens is 202 g/mol. The number of hydrogen-bond donors (Lipinski definition) is 1. The fourth-order valence-electron chi connectivity index (χ4n) is 0.833. The molecule has 0 aliphatic rings. The van der Waals surface area contributed by atoms with Gasteiger partial charge >= 0.3 is 5.97 Å². The third-order valence-electron chi connectivity index (χ3n) is 1.82. The molecule has 14 heavy (non-hydrogen) atoms. The fraction of sp³-hybridized carbons (Fsp3) is 0.556. The summed E-state index contributed by atoms with van der Waals surface area (Å²) in [5, 5.41) is 10.7. The van der Waals surface area contributed by atoms with Gasteiger partial charge < -0.3 is 9.84 Å². The van der Waals surface area contributed by atoms with Crippen LogP contribution in [0.2, 0.25) is 0 Å². The highest BCUT2D eigenvalue weighted by Crippen LogP contribution is 2.10. The Hall–Kier alpha value is -0.940. The largest absolute Gasteiger partial charge is 0.479 e. The molecule has 0 aromatic carbocycles. The monoisotopic (exact) mass is 215 g/mol. The highest BCUT2D eigenvalue weighted by atomic mass is 32.1. The van der Waals surface area contributed by atoms with Crippen molar-refractivity contribution in [1.29, 1.82) is 0 Å². The zero-order valence-electron chi connectivity index (χ0n) is 8.19. The number of ether oxygens (including phenoxy) is 1. The first kappa shape index (κ1) is 11.1. The third-order valence-corrected chi connectivity index (χ3v) is 2.45. The van der Waals surface area contributed by atoms with Gasteiger partial charge in [-0.15, -0.1) is 11.3 Å². The van der Waals surface area contributed by atoms with Crippen molar-refractivity contribution >= 4 is 17.3 Å². The first-order valence-electron chi connectivity index (χ1n) is 4.27. The van der Waals surface area contributed by atoms with Gasteiger partial charge in [0.25, 0.3) is 0 Å². The van der Waals surface area contributed by atoms with Gasteiger partial charge in [0.15, 0.2) is 5.60 Å². The van der Waals surface area contributed by atoms with E-state index in [1.807, 2.05) is 5.38 Å². The van der Waals surface area contributed by atoms with Gasteiger partial charge in [0.2, 0.25) is 0 Å². The van der Waals surface area contributed by atoms with E-state index in [-0.39, 0.29) is 0 Å². The van der Waals surface area contributed by atoms with Crippen LogP contribution in [0.25, 0.3) is 0 Å². The summed E-state index contributed by atoms with van der Waals surface area (Å²) in [6.45, 7) is 3.45. The predicted octanol–water partition coefficient (Wildman–Crippen LogP) is 1.57. The maximum absolute atomic E-state index is 10.7. The van der Waals surface area contributed by atoms with Crippen LogP contribution in [0.1, 0.15) is 19.5 Å². The second kappa shape index (κ2) is 4.52. The van der Waals surface area contributed by atoms with Gasteiger partial charge in [-0.2, -0.15) is 0 Å². The van der Waals surface area contributed by atoms with E-state index < -0.39 is 11.6 Å². The minimum atomic E-state index is -1.12. The summed E-state index contributed by atoms with van der Waals surface area (Å²) in [6.07, 6.45) is 0.653. The van der Waals surface area contributed by atoms with Crippen LogP contribution < -0.4 is 0 Å². The lowest BCUT2D eigenvalue weighted by Crippen LogP contribution is -2.35. The molecule has 78 valence electrons. The molecule has 4 nitrogen and oxygen atoms in total. The lowest BCUT2D eigenvalue weighted by molar-refractivity contribution is -0.161. The standard InChI is InChI=1S/C9H13NO3S/c1-9(2,8(11)12)13-4-3-7-5-14-6-10-7/h5-6H,3-4H2,1-2H3,(H,11,12). The van der Waals surface area contributed by atoms with E-state index in [0.717, 1.165) is 5.69 Å². The molecule has 0 radical (unpaired) electrons. The second-order valence-corrected chi connectivity index (χ2v) is 4.11. The Balaban J connectivity index is 2.31. The molecule has 5 heteroatoms. The number of aromatic nitrogens is 1. The smallest absolute Gasteiger partial charge is 0.335 e. The van der Waals surface area contributed by atoms with Crippen LogP contribution in [0, 0.1) is 0 Å². The molecule has 1 rings (SSSR count). The average Bonchev–Trinajstić information content (AvgIpc) is 2.56.